The van der Waals surface area contributed by atoms with Gasteiger partial charge >= 0.3 is 0 Å². The van der Waals surface area contributed by atoms with Crippen LogP contribution in [0.3, 0.4) is 0 Å². The van der Waals surface area contributed by atoms with Crippen molar-refractivity contribution in [2.24, 2.45) is 0 Å². The van der Waals surface area contributed by atoms with E-state index in [1.807, 2.05) is 24.3 Å². The number of hydrogen-bond donors (Lipinski definition) is 2. The highest BCUT2D eigenvalue weighted by molar-refractivity contribution is 8.00. The average Bonchev–Trinajstić information content (AvgIpc) is 2.94. The quantitative estimate of drug-likeness (QED) is 0.390. The van der Waals surface area contributed by atoms with Crippen LogP contribution in [-0.4, -0.2) is 62.8 Å². The van der Waals surface area contributed by atoms with Crippen molar-refractivity contribution >= 4 is 46.1 Å². The fourth-order valence-electron chi connectivity index (χ4n) is 4.77. The third-order valence-corrected chi connectivity index (χ3v) is 7.60. The Morgan fingerprint density at radius 2 is 1.90 bits per heavy atom. The molecule has 2 N–H and O–H groups in total. The molecule has 0 radical (unpaired) electrons. The summed E-state index contributed by atoms with van der Waals surface area (Å²) in [6.45, 7) is 5.84. The zero-order valence-corrected chi connectivity index (χ0v) is 22.4. The number of amides is 2. The number of hydrogen-bond acceptors (Lipinski definition) is 9. The van der Waals surface area contributed by atoms with Gasteiger partial charge in [0.25, 0.3) is 5.91 Å². The first-order valence-corrected chi connectivity index (χ1v) is 13.7. The highest BCUT2D eigenvalue weighted by Gasteiger charge is 2.24. The molecule has 0 unspecified atom stereocenters. The van der Waals surface area contributed by atoms with Gasteiger partial charge < -0.3 is 20.3 Å². The van der Waals surface area contributed by atoms with E-state index in [4.69, 9.17) is 14.7 Å². The molecule has 5 heterocycles. The van der Waals surface area contributed by atoms with E-state index in [1.54, 1.807) is 30.6 Å². The van der Waals surface area contributed by atoms with Crippen LogP contribution in [0.25, 0.3) is 22.3 Å². The molecule has 2 atom stereocenters. The van der Waals surface area contributed by atoms with Gasteiger partial charge in [-0.3, -0.25) is 14.6 Å². The minimum absolute atomic E-state index is 0.0367. The molecular weight excluding hydrogens is 514 g/mol. The molecule has 39 heavy (non-hydrogen) atoms. The SMILES string of the molecule is C[C@@H]1CN(c2nccc(-c3ccc4cnc(CNC(=O)c5ccc6c(c5)SCC(=O)N6)cc4n3)n2)C[C@H](C)O1. The Labute approximate surface area is 229 Å². The molecule has 11 heteroatoms. The maximum absolute atomic E-state index is 12.8. The Balaban J connectivity index is 1.18. The van der Waals surface area contributed by atoms with Crippen LogP contribution >= 0.6 is 11.8 Å². The maximum atomic E-state index is 12.8. The van der Waals surface area contributed by atoms with Gasteiger partial charge in [-0.2, -0.15) is 0 Å². The zero-order valence-electron chi connectivity index (χ0n) is 21.5. The molecule has 4 aromatic rings. The smallest absolute Gasteiger partial charge is 0.251 e. The maximum Gasteiger partial charge on any atom is 0.251 e. The standard InChI is InChI=1S/C28H27N7O3S/c1-16-13-35(14-17(2)38-16)28-29-8-7-22(34-28)21-5-4-19-11-30-20(10-24(19)32-21)12-31-27(37)18-3-6-23-25(9-18)39-15-26(36)33-23/h3-11,16-17H,12-15H2,1-2H3,(H,31,37)(H,33,36)/t16-,17+. The molecule has 0 saturated carbocycles. The minimum Gasteiger partial charge on any atom is -0.372 e. The Hall–Kier alpha value is -4.09. The van der Waals surface area contributed by atoms with Crippen molar-refractivity contribution in [2.75, 3.05) is 29.1 Å². The first-order valence-electron chi connectivity index (χ1n) is 12.8. The molecule has 2 aliphatic heterocycles. The van der Waals surface area contributed by atoms with Crippen molar-refractivity contribution in [1.82, 2.24) is 25.3 Å². The van der Waals surface area contributed by atoms with Crippen LogP contribution in [0, 0.1) is 0 Å². The number of rotatable bonds is 5. The molecule has 1 saturated heterocycles. The van der Waals surface area contributed by atoms with Crippen molar-refractivity contribution in [2.45, 2.75) is 37.5 Å². The lowest BCUT2D eigenvalue weighted by atomic mass is 10.1. The third-order valence-electron chi connectivity index (χ3n) is 6.54. The van der Waals surface area contributed by atoms with Crippen LogP contribution in [0.4, 0.5) is 11.6 Å². The van der Waals surface area contributed by atoms with Crippen LogP contribution in [0.1, 0.15) is 29.9 Å². The molecule has 0 spiro atoms. The second kappa shape index (κ2) is 10.6. The second-order valence-electron chi connectivity index (χ2n) is 9.70. The molecule has 0 aliphatic carbocycles. The molecule has 10 nitrogen and oxygen atoms in total. The molecule has 3 aromatic heterocycles. The van der Waals surface area contributed by atoms with Crippen LogP contribution in [0.15, 0.2) is 59.8 Å². The summed E-state index contributed by atoms with van der Waals surface area (Å²) in [5.74, 6) is 0.762. The largest absolute Gasteiger partial charge is 0.372 e. The zero-order chi connectivity index (χ0) is 26.9. The number of benzene rings is 1. The fourth-order valence-corrected chi connectivity index (χ4v) is 5.61. The fraction of sp³-hybridized carbons (Fsp3) is 0.286. The lowest BCUT2D eigenvalue weighted by Crippen LogP contribution is -2.46. The van der Waals surface area contributed by atoms with Crippen molar-refractivity contribution in [3.05, 3.63) is 66.1 Å². The lowest BCUT2D eigenvalue weighted by molar-refractivity contribution is -0.113. The van der Waals surface area contributed by atoms with Crippen LogP contribution < -0.4 is 15.5 Å². The number of ether oxygens (including phenoxy) is 1. The van der Waals surface area contributed by atoms with Crippen LogP contribution in [-0.2, 0) is 16.1 Å². The summed E-state index contributed by atoms with van der Waals surface area (Å²) in [7, 11) is 0. The monoisotopic (exact) mass is 541 g/mol. The Morgan fingerprint density at radius 1 is 1.08 bits per heavy atom. The normalized spacial score (nSPS) is 18.9. The number of nitrogens with zero attached hydrogens (tertiary/aromatic N) is 5. The number of nitrogens with one attached hydrogen (secondary N) is 2. The lowest BCUT2D eigenvalue weighted by Gasteiger charge is -2.35. The number of anilines is 2. The minimum atomic E-state index is -0.209. The molecule has 0 bridgehead atoms. The van der Waals surface area contributed by atoms with Gasteiger partial charge in [-0.1, -0.05) is 0 Å². The van der Waals surface area contributed by atoms with E-state index in [0.29, 0.717) is 23.0 Å². The predicted octanol–water partition coefficient (Wildman–Crippen LogP) is 3.67. The summed E-state index contributed by atoms with van der Waals surface area (Å²) in [5, 5.41) is 6.64. The van der Waals surface area contributed by atoms with Crippen molar-refractivity contribution in [3.8, 4) is 11.4 Å². The molecule has 6 rings (SSSR count). The summed E-state index contributed by atoms with van der Waals surface area (Å²) in [4.78, 5) is 46.0. The van der Waals surface area contributed by atoms with E-state index in [-0.39, 0.29) is 30.6 Å². The molecule has 1 fully saturated rings. The van der Waals surface area contributed by atoms with Gasteiger partial charge in [0.05, 0.1) is 52.8 Å². The number of carbonyl (C=O) groups is 2. The van der Waals surface area contributed by atoms with Crippen molar-refractivity contribution < 1.29 is 14.3 Å². The van der Waals surface area contributed by atoms with E-state index in [2.05, 4.69) is 39.3 Å². The van der Waals surface area contributed by atoms with Crippen LogP contribution in [0.2, 0.25) is 0 Å². The van der Waals surface area contributed by atoms with Gasteiger partial charge in [0.15, 0.2) is 0 Å². The first-order chi connectivity index (χ1) is 18.9. The van der Waals surface area contributed by atoms with E-state index in [9.17, 15) is 9.59 Å². The summed E-state index contributed by atoms with van der Waals surface area (Å²) < 4.78 is 5.84. The van der Waals surface area contributed by atoms with E-state index in [0.717, 1.165) is 46.0 Å². The number of morpholine rings is 1. The number of fused-ring (bicyclic) bond motifs is 2. The number of pyridine rings is 2. The molecule has 2 amide bonds. The number of carbonyl (C=O) groups excluding carboxylic acids is 2. The van der Waals surface area contributed by atoms with Gasteiger partial charge in [-0.15, -0.1) is 11.8 Å². The van der Waals surface area contributed by atoms with Crippen LogP contribution in [0.5, 0.6) is 0 Å². The van der Waals surface area contributed by atoms with E-state index in [1.165, 1.54) is 11.8 Å². The highest BCUT2D eigenvalue weighted by Crippen LogP contribution is 2.32. The Kier molecular flexibility index (Phi) is 6.84. The van der Waals surface area contributed by atoms with E-state index < -0.39 is 0 Å². The van der Waals surface area contributed by atoms with Gasteiger partial charge in [0.2, 0.25) is 11.9 Å². The summed E-state index contributed by atoms with van der Waals surface area (Å²) in [5.41, 5.74) is 4.20. The van der Waals surface area contributed by atoms with Gasteiger partial charge in [0, 0.05) is 41.3 Å². The Bertz CT molecular complexity index is 1570. The Morgan fingerprint density at radius 3 is 2.74 bits per heavy atom. The molecule has 198 valence electrons. The number of thioether (sulfide) groups is 1. The average molecular weight is 542 g/mol. The highest BCUT2D eigenvalue weighted by atomic mass is 32.2. The summed E-state index contributed by atoms with van der Waals surface area (Å²) in [6.07, 6.45) is 3.74. The predicted molar refractivity (Wildman–Crippen MR) is 150 cm³/mol. The van der Waals surface area contributed by atoms with E-state index >= 15 is 0 Å². The van der Waals surface area contributed by atoms with Gasteiger partial charge in [-0.25, -0.2) is 15.0 Å². The summed E-state index contributed by atoms with van der Waals surface area (Å²) in [6, 6.07) is 12.9. The topological polar surface area (TPSA) is 122 Å². The second-order valence-corrected chi connectivity index (χ2v) is 10.7. The number of aromatic nitrogens is 4. The molecular formula is C28H27N7O3S. The molecule has 1 aromatic carbocycles. The van der Waals surface area contributed by atoms with Gasteiger partial charge in [-0.05, 0) is 56.3 Å². The first kappa shape index (κ1) is 25.2. The summed E-state index contributed by atoms with van der Waals surface area (Å²) >= 11 is 1.42. The molecule has 2 aliphatic rings. The van der Waals surface area contributed by atoms with Crippen molar-refractivity contribution in [1.29, 1.82) is 0 Å². The third kappa shape index (κ3) is 5.55. The van der Waals surface area contributed by atoms with Crippen molar-refractivity contribution in [3.63, 3.8) is 0 Å². The van der Waals surface area contributed by atoms with Gasteiger partial charge in [0.1, 0.15) is 0 Å².